The number of ether oxygens (including phenoxy) is 2. The van der Waals surface area contributed by atoms with Crippen molar-refractivity contribution in [1.82, 2.24) is 4.90 Å². The molecular formula is C25H23N3O5. The van der Waals surface area contributed by atoms with Gasteiger partial charge in [0, 0.05) is 41.4 Å². The SMILES string of the molecule is COc1ccc(C(=O)N2CC[C@@H]3[C@H](Nc4ccc([N+](=O)[O-])cc4)c4ccccc4O[C@@H]32)cc1. The standard InChI is InChI=1S/C25H23N3O5/c1-32-19-12-6-16(7-13-19)24(29)27-15-14-21-23(20-4-2-3-5-22(20)33-25(21)27)26-17-8-10-18(11-9-17)28(30)31/h2-13,21,23,25-26H,14-15H2,1H3/t21-,23-,25+/m1/s1. The molecular weight excluding hydrogens is 422 g/mol. The predicted octanol–water partition coefficient (Wildman–Crippen LogP) is 4.64. The maximum Gasteiger partial charge on any atom is 0.269 e. The molecule has 3 aromatic carbocycles. The number of fused-ring (bicyclic) bond motifs is 2. The van der Waals surface area contributed by atoms with E-state index >= 15 is 0 Å². The monoisotopic (exact) mass is 445 g/mol. The smallest absolute Gasteiger partial charge is 0.269 e. The maximum atomic E-state index is 13.3. The minimum Gasteiger partial charge on any atom is -0.497 e. The van der Waals surface area contributed by atoms with Gasteiger partial charge >= 0.3 is 0 Å². The number of likely N-dealkylation sites (tertiary alicyclic amines) is 1. The maximum absolute atomic E-state index is 13.3. The normalized spacial score (nSPS) is 20.9. The zero-order valence-corrected chi connectivity index (χ0v) is 18.0. The molecule has 2 heterocycles. The van der Waals surface area contributed by atoms with Crippen molar-refractivity contribution >= 4 is 17.3 Å². The molecule has 0 bridgehead atoms. The Morgan fingerprint density at radius 2 is 1.82 bits per heavy atom. The molecule has 8 heteroatoms. The first-order valence-corrected chi connectivity index (χ1v) is 10.8. The molecule has 3 aromatic rings. The highest BCUT2D eigenvalue weighted by molar-refractivity contribution is 5.94. The van der Waals surface area contributed by atoms with Gasteiger partial charge in [-0.1, -0.05) is 18.2 Å². The topological polar surface area (TPSA) is 93.9 Å². The van der Waals surface area contributed by atoms with Gasteiger partial charge in [-0.3, -0.25) is 14.9 Å². The number of nitrogens with one attached hydrogen (secondary N) is 1. The number of nitrogens with zero attached hydrogens (tertiary/aromatic N) is 2. The highest BCUT2D eigenvalue weighted by Gasteiger charge is 2.47. The lowest BCUT2D eigenvalue weighted by molar-refractivity contribution is -0.384. The number of nitro groups is 1. The minimum absolute atomic E-state index is 0.0253. The molecule has 0 aromatic heterocycles. The van der Waals surface area contributed by atoms with E-state index < -0.39 is 11.2 Å². The number of nitro benzene ring substituents is 1. The molecule has 1 N–H and O–H groups in total. The number of hydrogen-bond donors (Lipinski definition) is 1. The van der Waals surface area contributed by atoms with E-state index in [2.05, 4.69) is 5.32 Å². The van der Waals surface area contributed by atoms with E-state index in [9.17, 15) is 14.9 Å². The average molecular weight is 445 g/mol. The molecule has 2 aliphatic rings. The third-order valence-corrected chi connectivity index (χ3v) is 6.30. The van der Waals surface area contributed by atoms with E-state index in [0.717, 1.165) is 23.4 Å². The Morgan fingerprint density at radius 1 is 1.09 bits per heavy atom. The zero-order chi connectivity index (χ0) is 22.9. The lowest BCUT2D eigenvalue weighted by atomic mass is 9.88. The van der Waals surface area contributed by atoms with Crippen LogP contribution >= 0.6 is 0 Å². The predicted molar refractivity (Wildman–Crippen MR) is 122 cm³/mol. The van der Waals surface area contributed by atoms with Crippen LogP contribution in [0.3, 0.4) is 0 Å². The van der Waals surface area contributed by atoms with E-state index in [0.29, 0.717) is 17.9 Å². The second-order valence-corrected chi connectivity index (χ2v) is 8.15. The van der Waals surface area contributed by atoms with Gasteiger partial charge in [-0.25, -0.2) is 0 Å². The van der Waals surface area contributed by atoms with Gasteiger partial charge in [0.2, 0.25) is 0 Å². The second-order valence-electron chi connectivity index (χ2n) is 8.15. The Labute approximate surface area is 190 Å². The molecule has 33 heavy (non-hydrogen) atoms. The van der Waals surface area contributed by atoms with E-state index in [4.69, 9.17) is 9.47 Å². The van der Waals surface area contributed by atoms with Gasteiger partial charge in [-0.2, -0.15) is 0 Å². The van der Waals surface area contributed by atoms with Gasteiger partial charge in [0.05, 0.1) is 18.1 Å². The van der Waals surface area contributed by atoms with Crippen LogP contribution in [0.5, 0.6) is 11.5 Å². The van der Waals surface area contributed by atoms with Crippen LogP contribution in [0.25, 0.3) is 0 Å². The molecule has 0 unspecified atom stereocenters. The summed E-state index contributed by atoms with van der Waals surface area (Å²) < 4.78 is 11.5. The molecule has 2 aliphatic heterocycles. The summed E-state index contributed by atoms with van der Waals surface area (Å²) in [6.45, 7) is 0.576. The molecule has 168 valence electrons. The first kappa shape index (κ1) is 20.8. The molecule has 0 radical (unpaired) electrons. The first-order chi connectivity index (χ1) is 16.0. The van der Waals surface area contributed by atoms with Crippen molar-refractivity contribution < 1.29 is 19.2 Å². The fourth-order valence-electron chi connectivity index (χ4n) is 4.64. The van der Waals surface area contributed by atoms with Gasteiger partial charge in [0.15, 0.2) is 6.23 Å². The van der Waals surface area contributed by atoms with Crippen molar-refractivity contribution in [3.8, 4) is 11.5 Å². The summed E-state index contributed by atoms with van der Waals surface area (Å²) in [7, 11) is 1.59. The fourth-order valence-corrected chi connectivity index (χ4v) is 4.64. The average Bonchev–Trinajstić information content (AvgIpc) is 3.27. The van der Waals surface area contributed by atoms with Crippen LogP contribution in [0, 0.1) is 16.0 Å². The molecule has 8 nitrogen and oxygen atoms in total. The second kappa shape index (κ2) is 8.46. The van der Waals surface area contributed by atoms with Crippen LogP contribution in [-0.4, -0.2) is 35.6 Å². The molecule has 3 atom stereocenters. The van der Waals surface area contributed by atoms with Gasteiger partial charge in [-0.05, 0) is 48.9 Å². The molecule has 1 saturated heterocycles. The number of carbonyl (C=O) groups excluding carboxylic acids is 1. The van der Waals surface area contributed by atoms with Crippen LogP contribution in [0.1, 0.15) is 28.4 Å². The van der Waals surface area contributed by atoms with E-state index in [1.807, 2.05) is 24.3 Å². The van der Waals surface area contributed by atoms with Crippen molar-refractivity contribution in [1.29, 1.82) is 0 Å². The van der Waals surface area contributed by atoms with Gasteiger partial charge < -0.3 is 19.7 Å². The van der Waals surface area contributed by atoms with E-state index in [1.165, 1.54) is 12.1 Å². The number of para-hydroxylation sites is 1. The van der Waals surface area contributed by atoms with Crippen LogP contribution in [0.2, 0.25) is 0 Å². The Hall–Kier alpha value is -4.07. The van der Waals surface area contributed by atoms with E-state index in [-0.39, 0.29) is 23.6 Å². The highest BCUT2D eigenvalue weighted by atomic mass is 16.6. The highest BCUT2D eigenvalue weighted by Crippen LogP contribution is 2.46. The largest absolute Gasteiger partial charge is 0.497 e. The molecule has 5 rings (SSSR count). The van der Waals surface area contributed by atoms with Crippen molar-refractivity contribution in [3.63, 3.8) is 0 Å². The van der Waals surface area contributed by atoms with Crippen LogP contribution < -0.4 is 14.8 Å². The molecule has 0 spiro atoms. The number of rotatable bonds is 5. The van der Waals surface area contributed by atoms with Crippen molar-refractivity contribution in [2.45, 2.75) is 18.7 Å². The van der Waals surface area contributed by atoms with Crippen LogP contribution in [-0.2, 0) is 0 Å². The Bertz CT molecular complexity index is 1180. The van der Waals surface area contributed by atoms with E-state index in [1.54, 1.807) is 48.4 Å². The summed E-state index contributed by atoms with van der Waals surface area (Å²) in [6.07, 6.45) is 0.357. The number of amides is 1. The summed E-state index contributed by atoms with van der Waals surface area (Å²) >= 11 is 0. The quantitative estimate of drug-likeness (QED) is 0.454. The summed E-state index contributed by atoms with van der Waals surface area (Å²) in [5.74, 6) is 1.37. The van der Waals surface area contributed by atoms with Crippen molar-refractivity contribution in [2.75, 3.05) is 19.0 Å². The number of carbonyl (C=O) groups is 1. The summed E-state index contributed by atoms with van der Waals surface area (Å²) in [4.78, 5) is 25.7. The number of benzene rings is 3. The third kappa shape index (κ3) is 3.84. The van der Waals surface area contributed by atoms with Crippen LogP contribution in [0.4, 0.5) is 11.4 Å². The van der Waals surface area contributed by atoms with Gasteiger partial charge in [0.1, 0.15) is 11.5 Å². The van der Waals surface area contributed by atoms with Crippen molar-refractivity contribution in [3.05, 3.63) is 94.0 Å². The summed E-state index contributed by atoms with van der Waals surface area (Å²) in [5, 5.41) is 14.5. The Kier molecular flexibility index (Phi) is 5.34. The summed E-state index contributed by atoms with van der Waals surface area (Å²) in [5.41, 5.74) is 2.42. The Morgan fingerprint density at radius 3 is 2.52 bits per heavy atom. The molecule has 1 fully saturated rings. The molecule has 0 aliphatic carbocycles. The minimum atomic E-state index is -0.414. The van der Waals surface area contributed by atoms with Crippen LogP contribution in [0.15, 0.2) is 72.8 Å². The first-order valence-electron chi connectivity index (χ1n) is 10.8. The number of non-ortho nitro benzene ring substituents is 1. The van der Waals surface area contributed by atoms with Gasteiger partial charge in [-0.15, -0.1) is 0 Å². The number of anilines is 1. The van der Waals surface area contributed by atoms with Crippen molar-refractivity contribution in [2.24, 2.45) is 5.92 Å². The lowest BCUT2D eigenvalue weighted by Crippen LogP contribution is -2.46. The number of methoxy groups -OCH3 is 1. The summed E-state index contributed by atoms with van der Waals surface area (Å²) in [6, 6.07) is 21.2. The molecule has 0 saturated carbocycles. The Balaban J connectivity index is 1.43. The fraction of sp³-hybridized carbons (Fsp3) is 0.240. The third-order valence-electron chi connectivity index (χ3n) is 6.30. The van der Waals surface area contributed by atoms with Gasteiger partial charge in [0.25, 0.3) is 11.6 Å². The number of hydrogen-bond acceptors (Lipinski definition) is 6. The lowest BCUT2D eigenvalue weighted by Gasteiger charge is -2.39. The molecule has 1 amide bonds. The zero-order valence-electron chi connectivity index (χ0n) is 18.0.